The first-order valence-corrected chi connectivity index (χ1v) is 7.11. The highest BCUT2D eigenvalue weighted by Gasteiger charge is 2.19. The molecule has 0 atom stereocenters. The molecule has 0 fully saturated rings. The highest BCUT2D eigenvalue weighted by Crippen LogP contribution is 2.29. The Morgan fingerprint density at radius 1 is 1.24 bits per heavy atom. The molecule has 0 amide bonds. The molecule has 21 heavy (non-hydrogen) atoms. The van der Waals surface area contributed by atoms with Crippen LogP contribution < -0.4 is 4.74 Å². The van der Waals surface area contributed by atoms with Gasteiger partial charge in [-0.1, -0.05) is 12.1 Å². The van der Waals surface area contributed by atoms with E-state index in [1.807, 2.05) is 49.5 Å². The molecule has 0 bridgehead atoms. The largest absolute Gasteiger partial charge is 0.493 e. The fraction of sp³-hybridized carbons (Fsp3) is 0.167. The number of ether oxygens (including phenoxy) is 1. The monoisotopic (exact) mass is 277 g/mol. The van der Waals surface area contributed by atoms with E-state index >= 15 is 0 Å². The lowest BCUT2D eigenvalue weighted by molar-refractivity contribution is 0.104. The van der Waals surface area contributed by atoms with Crippen LogP contribution >= 0.6 is 0 Å². The van der Waals surface area contributed by atoms with Crippen LogP contribution in [0.1, 0.15) is 27.0 Å². The van der Waals surface area contributed by atoms with Gasteiger partial charge >= 0.3 is 0 Å². The maximum atomic E-state index is 12.8. The zero-order valence-electron chi connectivity index (χ0n) is 11.8. The van der Waals surface area contributed by atoms with Gasteiger partial charge in [-0.2, -0.15) is 0 Å². The van der Waals surface area contributed by atoms with Crippen molar-refractivity contribution in [2.45, 2.75) is 13.3 Å². The second-order valence-corrected chi connectivity index (χ2v) is 5.45. The Kier molecular flexibility index (Phi) is 2.61. The Morgan fingerprint density at radius 3 is 3.05 bits per heavy atom. The Hall–Kier alpha value is -2.55. The maximum Gasteiger partial charge on any atom is 0.195 e. The maximum absolute atomic E-state index is 12.8. The summed E-state index contributed by atoms with van der Waals surface area (Å²) >= 11 is 0. The third-order valence-corrected chi connectivity index (χ3v) is 4.11. The number of H-pyrrole nitrogens is 1. The number of ketones is 1. The van der Waals surface area contributed by atoms with Gasteiger partial charge in [-0.15, -0.1) is 0 Å². The second-order valence-electron chi connectivity index (χ2n) is 5.45. The van der Waals surface area contributed by atoms with E-state index < -0.39 is 0 Å². The van der Waals surface area contributed by atoms with Crippen LogP contribution in [0.3, 0.4) is 0 Å². The van der Waals surface area contributed by atoms with Crippen molar-refractivity contribution in [2.24, 2.45) is 0 Å². The smallest absolute Gasteiger partial charge is 0.195 e. The quantitative estimate of drug-likeness (QED) is 0.727. The third kappa shape index (κ3) is 1.85. The average molecular weight is 277 g/mol. The molecule has 3 aromatic rings. The molecular formula is C18H15NO2. The number of aromatic amines is 1. The summed E-state index contributed by atoms with van der Waals surface area (Å²) in [5.74, 6) is 0.965. The molecule has 1 aliphatic heterocycles. The Morgan fingerprint density at radius 2 is 2.14 bits per heavy atom. The number of fused-ring (bicyclic) bond motifs is 2. The zero-order chi connectivity index (χ0) is 14.4. The number of benzene rings is 2. The van der Waals surface area contributed by atoms with Crippen molar-refractivity contribution in [3.63, 3.8) is 0 Å². The van der Waals surface area contributed by atoms with Crippen molar-refractivity contribution in [3.8, 4) is 5.75 Å². The second kappa shape index (κ2) is 4.48. The molecule has 1 N–H and O–H groups in total. The fourth-order valence-corrected chi connectivity index (χ4v) is 3.03. The standard InChI is InChI=1S/C18H15NO2/c1-11-3-2-4-15-17(11)14(10-19-15)18(20)13-5-6-16-12(9-13)7-8-21-16/h2-6,9-10,19H,7-8H2,1H3. The van der Waals surface area contributed by atoms with Crippen molar-refractivity contribution < 1.29 is 9.53 Å². The van der Waals surface area contributed by atoms with Crippen molar-refractivity contribution in [3.05, 3.63) is 64.8 Å². The van der Waals surface area contributed by atoms with Crippen LogP contribution in [0.15, 0.2) is 42.6 Å². The molecule has 0 unspecified atom stereocenters. The van der Waals surface area contributed by atoms with Crippen LogP contribution in [-0.4, -0.2) is 17.4 Å². The first-order chi connectivity index (χ1) is 10.2. The van der Waals surface area contributed by atoms with E-state index in [0.29, 0.717) is 6.61 Å². The molecule has 2 aromatic carbocycles. The summed E-state index contributed by atoms with van der Waals surface area (Å²) in [5.41, 5.74) is 4.70. The van der Waals surface area contributed by atoms with E-state index in [2.05, 4.69) is 4.98 Å². The number of rotatable bonds is 2. The minimum absolute atomic E-state index is 0.0604. The predicted molar refractivity (Wildman–Crippen MR) is 82.1 cm³/mol. The van der Waals surface area contributed by atoms with Gasteiger partial charge in [0.15, 0.2) is 5.78 Å². The lowest BCUT2D eigenvalue weighted by Crippen LogP contribution is -2.01. The van der Waals surface area contributed by atoms with Crippen molar-refractivity contribution in [2.75, 3.05) is 6.61 Å². The first-order valence-electron chi connectivity index (χ1n) is 7.11. The summed E-state index contributed by atoms with van der Waals surface area (Å²) < 4.78 is 5.50. The van der Waals surface area contributed by atoms with Crippen molar-refractivity contribution >= 4 is 16.7 Å². The minimum atomic E-state index is 0.0604. The molecule has 3 heteroatoms. The lowest BCUT2D eigenvalue weighted by Gasteiger charge is -2.04. The molecule has 2 heterocycles. The molecule has 104 valence electrons. The summed E-state index contributed by atoms with van der Waals surface area (Å²) in [6, 6.07) is 11.7. The molecule has 0 saturated heterocycles. The van der Waals surface area contributed by atoms with E-state index in [9.17, 15) is 4.79 Å². The molecule has 0 spiro atoms. The highest BCUT2D eigenvalue weighted by atomic mass is 16.5. The molecule has 4 rings (SSSR count). The number of carbonyl (C=O) groups excluding carboxylic acids is 1. The molecule has 0 aliphatic carbocycles. The number of aryl methyl sites for hydroxylation is 1. The highest BCUT2D eigenvalue weighted by molar-refractivity contribution is 6.17. The van der Waals surface area contributed by atoms with Gasteiger partial charge < -0.3 is 9.72 Å². The average Bonchev–Trinajstić information content (AvgIpc) is 3.13. The molecular weight excluding hydrogens is 262 g/mol. The topological polar surface area (TPSA) is 42.1 Å². The normalized spacial score (nSPS) is 13.2. The zero-order valence-corrected chi connectivity index (χ0v) is 11.8. The molecule has 1 aliphatic rings. The van der Waals surface area contributed by atoms with Gasteiger partial charge in [0.05, 0.1) is 6.61 Å². The summed E-state index contributed by atoms with van der Waals surface area (Å²) in [6.45, 7) is 2.74. The van der Waals surface area contributed by atoms with Crippen molar-refractivity contribution in [1.29, 1.82) is 0 Å². The van der Waals surface area contributed by atoms with Crippen molar-refractivity contribution in [1.82, 2.24) is 4.98 Å². The van der Waals surface area contributed by atoms with E-state index in [1.165, 1.54) is 0 Å². The van der Waals surface area contributed by atoms with Gasteiger partial charge in [-0.05, 0) is 42.3 Å². The van der Waals surface area contributed by atoms with Crippen LogP contribution in [0.4, 0.5) is 0 Å². The van der Waals surface area contributed by atoms with Gasteiger partial charge in [0.1, 0.15) is 5.75 Å². The number of carbonyl (C=O) groups is 1. The van der Waals surface area contributed by atoms with Gasteiger partial charge in [0, 0.05) is 34.6 Å². The summed E-state index contributed by atoms with van der Waals surface area (Å²) in [7, 11) is 0. The Labute approximate surface area is 122 Å². The fourth-order valence-electron chi connectivity index (χ4n) is 3.03. The molecule has 0 saturated carbocycles. The summed E-state index contributed by atoms with van der Waals surface area (Å²) in [5, 5.41) is 1.01. The summed E-state index contributed by atoms with van der Waals surface area (Å²) in [6.07, 6.45) is 2.69. The van der Waals surface area contributed by atoms with Crippen LogP contribution in [0.25, 0.3) is 10.9 Å². The van der Waals surface area contributed by atoms with Crippen LogP contribution in [0.2, 0.25) is 0 Å². The van der Waals surface area contributed by atoms with E-state index in [1.54, 1.807) is 0 Å². The van der Waals surface area contributed by atoms with Crippen LogP contribution in [-0.2, 0) is 6.42 Å². The van der Waals surface area contributed by atoms with Gasteiger partial charge in [0.2, 0.25) is 0 Å². The molecule has 0 radical (unpaired) electrons. The third-order valence-electron chi connectivity index (χ3n) is 4.11. The molecule has 1 aromatic heterocycles. The Bertz CT molecular complexity index is 861. The van der Waals surface area contributed by atoms with Crippen LogP contribution in [0, 0.1) is 6.92 Å². The van der Waals surface area contributed by atoms with E-state index in [0.717, 1.165) is 45.3 Å². The lowest BCUT2D eigenvalue weighted by atomic mass is 9.98. The number of nitrogens with one attached hydrogen (secondary N) is 1. The predicted octanol–water partition coefficient (Wildman–Crippen LogP) is 3.64. The number of aromatic nitrogens is 1. The van der Waals surface area contributed by atoms with Gasteiger partial charge in [-0.25, -0.2) is 0 Å². The SMILES string of the molecule is Cc1cccc2[nH]cc(C(=O)c3ccc4c(c3)CCO4)c12. The van der Waals surface area contributed by atoms with E-state index in [4.69, 9.17) is 4.74 Å². The summed E-state index contributed by atoms with van der Waals surface area (Å²) in [4.78, 5) is 16.0. The van der Waals surface area contributed by atoms with Crippen LogP contribution in [0.5, 0.6) is 5.75 Å². The number of hydrogen-bond acceptors (Lipinski definition) is 2. The Balaban J connectivity index is 1.83. The minimum Gasteiger partial charge on any atom is -0.493 e. The van der Waals surface area contributed by atoms with Gasteiger partial charge in [0.25, 0.3) is 0 Å². The van der Waals surface area contributed by atoms with E-state index in [-0.39, 0.29) is 5.78 Å². The number of hydrogen-bond donors (Lipinski definition) is 1. The van der Waals surface area contributed by atoms with Gasteiger partial charge in [-0.3, -0.25) is 4.79 Å². The first kappa shape index (κ1) is 12.2. The molecule has 3 nitrogen and oxygen atoms in total.